The molecule has 1 aromatic heterocycles. The van der Waals surface area contributed by atoms with Crippen molar-refractivity contribution in [2.45, 2.75) is 18.9 Å². The third-order valence-corrected chi connectivity index (χ3v) is 5.40. The molecule has 1 unspecified atom stereocenters. The van der Waals surface area contributed by atoms with Crippen LogP contribution in [0.5, 0.6) is 17.2 Å². The normalized spacial score (nSPS) is 17.6. The molecule has 29 heavy (non-hydrogen) atoms. The molecule has 148 valence electrons. The van der Waals surface area contributed by atoms with Gasteiger partial charge in [0.15, 0.2) is 23.0 Å². The predicted octanol–water partition coefficient (Wildman–Crippen LogP) is 4.06. The van der Waals surface area contributed by atoms with Crippen molar-refractivity contribution in [2.24, 2.45) is 0 Å². The summed E-state index contributed by atoms with van der Waals surface area (Å²) in [5.74, 6) is 2.55. The van der Waals surface area contributed by atoms with Gasteiger partial charge in [0, 0.05) is 18.2 Å². The number of fused-ring (bicyclic) bond motifs is 1. The van der Waals surface area contributed by atoms with Crippen LogP contribution in [0.1, 0.15) is 34.9 Å². The Kier molecular flexibility index (Phi) is 4.35. The van der Waals surface area contributed by atoms with E-state index < -0.39 is 0 Å². The van der Waals surface area contributed by atoms with Crippen LogP contribution in [-0.2, 0) is 0 Å². The van der Waals surface area contributed by atoms with E-state index in [9.17, 15) is 4.79 Å². The molecule has 0 radical (unpaired) electrons. The molecule has 1 fully saturated rings. The quantitative estimate of drug-likeness (QED) is 0.667. The molecular weight excluding hydrogens is 372 g/mol. The molecule has 7 nitrogen and oxygen atoms in total. The molecule has 0 bridgehead atoms. The summed E-state index contributed by atoms with van der Waals surface area (Å²) in [6, 6.07) is 15.1. The highest BCUT2D eigenvalue weighted by atomic mass is 16.7. The number of carbonyl (C=O) groups is 1. The molecule has 1 saturated heterocycles. The number of aromatic nitrogens is 1. The summed E-state index contributed by atoms with van der Waals surface area (Å²) in [7, 11) is 1.64. The lowest BCUT2D eigenvalue weighted by molar-refractivity contribution is 0.0725. The minimum absolute atomic E-state index is 0.0269. The molecule has 0 saturated carbocycles. The van der Waals surface area contributed by atoms with Gasteiger partial charge in [0.2, 0.25) is 6.79 Å². The van der Waals surface area contributed by atoms with Crippen LogP contribution < -0.4 is 14.2 Å². The van der Waals surface area contributed by atoms with Crippen molar-refractivity contribution in [3.63, 3.8) is 0 Å². The first-order valence-electron chi connectivity index (χ1n) is 9.54. The number of methoxy groups -OCH3 is 1. The van der Waals surface area contributed by atoms with Crippen LogP contribution >= 0.6 is 0 Å². The van der Waals surface area contributed by atoms with Crippen LogP contribution in [0.3, 0.4) is 0 Å². The molecule has 0 spiro atoms. The lowest BCUT2D eigenvalue weighted by atomic mass is 10.0. The number of rotatable bonds is 4. The first kappa shape index (κ1) is 17.6. The largest absolute Gasteiger partial charge is 0.497 e. The number of hydrogen-bond acceptors (Lipinski definition) is 6. The summed E-state index contributed by atoms with van der Waals surface area (Å²) in [6.45, 7) is 0.905. The number of likely N-dealkylation sites (tertiary alicyclic amines) is 1. The molecule has 3 aromatic rings. The molecule has 3 heterocycles. The van der Waals surface area contributed by atoms with Gasteiger partial charge in [0.1, 0.15) is 5.75 Å². The lowest BCUT2D eigenvalue weighted by Gasteiger charge is -2.24. The Hall–Kier alpha value is -3.48. The summed E-state index contributed by atoms with van der Waals surface area (Å²) in [5.41, 5.74) is 2.18. The van der Waals surface area contributed by atoms with E-state index in [1.165, 1.54) is 0 Å². The second kappa shape index (κ2) is 7.16. The standard InChI is InChI=1S/C22H20N2O5/c1-26-16-7-4-14(5-8-16)18-3-2-10-24(18)22(25)17-12-20(29-23-17)15-6-9-19-21(11-15)28-13-27-19/h4-9,11-12,18H,2-3,10,13H2,1H3. The summed E-state index contributed by atoms with van der Waals surface area (Å²) >= 11 is 0. The zero-order valence-electron chi connectivity index (χ0n) is 16.0. The molecule has 7 heteroatoms. The maximum absolute atomic E-state index is 13.1. The Morgan fingerprint density at radius 2 is 1.93 bits per heavy atom. The summed E-state index contributed by atoms with van der Waals surface area (Å²) in [4.78, 5) is 15.0. The van der Waals surface area contributed by atoms with E-state index in [0.717, 1.165) is 29.7 Å². The Balaban J connectivity index is 1.37. The fourth-order valence-electron chi connectivity index (χ4n) is 3.89. The van der Waals surface area contributed by atoms with E-state index in [1.54, 1.807) is 13.2 Å². The van der Waals surface area contributed by atoms with Crippen molar-refractivity contribution >= 4 is 5.91 Å². The van der Waals surface area contributed by atoms with E-state index in [-0.39, 0.29) is 18.7 Å². The topological polar surface area (TPSA) is 74.0 Å². The molecule has 2 aliphatic rings. The minimum atomic E-state index is -0.126. The Morgan fingerprint density at radius 3 is 2.76 bits per heavy atom. The van der Waals surface area contributed by atoms with Gasteiger partial charge >= 0.3 is 0 Å². The van der Waals surface area contributed by atoms with Crippen molar-refractivity contribution in [1.82, 2.24) is 10.1 Å². The number of amides is 1. The maximum atomic E-state index is 13.1. The van der Waals surface area contributed by atoms with E-state index >= 15 is 0 Å². The zero-order valence-corrected chi connectivity index (χ0v) is 16.0. The van der Waals surface area contributed by atoms with Gasteiger partial charge < -0.3 is 23.6 Å². The third-order valence-electron chi connectivity index (χ3n) is 5.40. The first-order chi connectivity index (χ1) is 14.2. The Bertz CT molecular complexity index is 1040. The molecule has 2 aromatic carbocycles. The first-order valence-corrected chi connectivity index (χ1v) is 9.54. The van der Waals surface area contributed by atoms with E-state index in [2.05, 4.69) is 5.16 Å². The van der Waals surface area contributed by atoms with E-state index in [4.69, 9.17) is 18.7 Å². The van der Waals surface area contributed by atoms with E-state index in [1.807, 2.05) is 47.4 Å². The van der Waals surface area contributed by atoms with Gasteiger partial charge in [-0.2, -0.15) is 0 Å². The number of ether oxygens (including phenoxy) is 3. The molecule has 1 atom stereocenters. The smallest absolute Gasteiger partial charge is 0.276 e. The lowest BCUT2D eigenvalue weighted by Crippen LogP contribution is -2.30. The van der Waals surface area contributed by atoms with Crippen molar-refractivity contribution in [3.05, 3.63) is 59.8 Å². The molecule has 1 amide bonds. The minimum Gasteiger partial charge on any atom is -0.497 e. The summed E-state index contributed by atoms with van der Waals surface area (Å²) < 4.78 is 21.4. The second-order valence-electron chi connectivity index (χ2n) is 7.07. The maximum Gasteiger partial charge on any atom is 0.276 e. The van der Waals surface area contributed by atoms with Gasteiger partial charge in [-0.15, -0.1) is 0 Å². The highest BCUT2D eigenvalue weighted by Crippen LogP contribution is 2.37. The number of carbonyl (C=O) groups excluding carboxylic acids is 1. The highest BCUT2D eigenvalue weighted by Gasteiger charge is 2.32. The van der Waals surface area contributed by atoms with Gasteiger partial charge in [-0.05, 0) is 48.7 Å². The number of hydrogen-bond donors (Lipinski definition) is 0. The van der Waals surface area contributed by atoms with Crippen LogP contribution in [0.2, 0.25) is 0 Å². The van der Waals surface area contributed by atoms with Crippen LogP contribution in [0.15, 0.2) is 53.1 Å². The molecular formula is C22H20N2O5. The molecule has 0 aliphatic carbocycles. The molecule has 0 N–H and O–H groups in total. The Morgan fingerprint density at radius 1 is 1.10 bits per heavy atom. The van der Waals surface area contributed by atoms with Gasteiger partial charge in [-0.25, -0.2) is 0 Å². The average Bonchev–Trinajstić information content (AvgIpc) is 3.53. The van der Waals surface area contributed by atoms with Crippen LogP contribution in [0.25, 0.3) is 11.3 Å². The summed E-state index contributed by atoms with van der Waals surface area (Å²) in [6.07, 6.45) is 1.88. The fraction of sp³-hybridized carbons (Fsp3) is 0.273. The number of nitrogens with zero attached hydrogens (tertiary/aromatic N) is 2. The highest BCUT2D eigenvalue weighted by molar-refractivity contribution is 5.93. The Labute approximate surface area is 167 Å². The second-order valence-corrected chi connectivity index (χ2v) is 7.07. The van der Waals surface area contributed by atoms with Crippen LogP contribution in [0.4, 0.5) is 0 Å². The van der Waals surface area contributed by atoms with Crippen LogP contribution in [-0.4, -0.2) is 36.4 Å². The zero-order chi connectivity index (χ0) is 19.8. The van der Waals surface area contributed by atoms with Gasteiger partial charge in [0.25, 0.3) is 5.91 Å². The van der Waals surface area contributed by atoms with Crippen LogP contribution in [0, 0.1) is 0 Å². The fourth-order valence-corrected chi connectivity index (χ4v) is 3.89. The van der Waals surface area contributed by atoms with Crippen molar-refractivity contribution in [3.8, 4) is 28.6 Å². The monoisotopic (exact) mass is 392 g/mol. The SMILES string of the molecule is COc1ccc(C2CCCN2C(=O)c2cc(-c3ccc4c(c3)OCO4)on2)cc1. The third kappa shape index (κ3) is 3.18. The van der Waals surface area contributed by atoms with Gasteiger partial charge in [0.05, 0.1) is 13.2 Å². The van der Waals surface area contributed by atoms with Gasteiger partial charge in [-0.3, -0.25) is 4.79 Å². The van der Waals surface area contributed by atoms with Crippen molar-refractivity contribution in [2.75, 3.05) is 20.4 Å². The molecule has 2 aliphatic heterocycles. The average molecular weight is 392 g/mol. The summed E-state index contributed by atoms with van der Waals surface area (Å²) in [5, 5.41) is 4.03. The van der Waals surface area contributed by atoms with E-state index in [0.29, 0.717) is 29.5 Å². The van der Waals surface area contributed by atoms with Crippen molar-refractivity contribution < 1.29 is 23.5 Å². The molecule has 5 rings (SSSR count). The number of benzene rings is 2. The van der Waals surface area contributed by atoms with Crippen molar-refractivity contribution in [1.29, 1.82) is 0 Å². The van der Waals surface area contributed by atoms with Gasteiger partial charge in [-0.1, -0.05) is 17.3 Å². The predicted molar refractivity (Wildman–Crippen MR) is 104 cm³/mol.